The second kappa shape index (κ2) is 8.47. The lowest BCUT2D eigenvalue weighted by molar-refractivity contribution is 0.0901. The van der Waals surface area contributed by atoms with Crippen molar-refractivity contribution in [1.82, 2.24) is 10.2 Å². The van der Waals surface area contributed by atoms with Crippen molar-refractivity contribution < 1.29 is 4.79 Å². The first-order chi connectivity index (χ1) is 11.2. The lowest BCUT2D eigenvalue weighted by Gasteiger charge is -2.35. The monoisotopic (exact) mass is 426 g/mol. The highest BCUT2D eigenvalue weighted by Crippen LogP contribution is 2.25. The summed E-state index contributed by atoms with van der Waals surface area (Å²) in [6.45, 7) is 3.54. The number of rotatable bonds is 4. The summed E-state index contributed by atoms with van der Waals surface area (Å²) in [5.74, 6) is 0.994. The number of hydrogen-bond acceptors (Lipinski definition) is 2. The summed E-state index contributed by atoms with van der Waals surface area (Å²) in [6, 6.07) is 8.14. The van der Waals surface area contributed by atoms with Gasteiger partial charge in [0.15, 0.2) is 0 Å². The molecule has 1 aromatic carbocycles. The van der Waals surface area contributed by atoms with Crippen LogP contribution in [0.15, 0.2) is 24.3 Å². The van der Waals surface area contributed by atoms with Crippen LogP contribution in [0.25, 0.3) is 0 Å². The Bertz CT molecular complexity index is 503. The zero-order valence-corrected chi connectivity index (χ0v) is 15.9. The van der Waals surface area contributed by atoms with E-state index in [9.17, 15) is 4.79 Å². The van der Waals surface area contributed by atoms with Crippen molar-refractivity contribution in [1.29, 1.82) is 0 Å². The molecule has 1 aliphatic heterocycles. The number of likely N-dealkylation sites (tertiary alicyclic amines) is 1. The van der Waals surface area contributed by atoms with Crippen LogP contribution in [0.2, 0.25) is 0 Å². The molecule has 23 heavy (non-hydrogen) atoms. The van der Waals surface area contributed by atoms with E-state index in [1.807, 2.05) is 24.3 Å². The first-order valence-electron chi connectivity index (χ1n) is 8.99. The Hall–Kier alpha value is -0.620. The minimum absolute atomic E-state index is 0.0760. The predicted molar refractivity (Wildman–Crippen MR) is 103 cm³/mol. The number of piperidine rings is 1. The summed E-state index contributed by atoms with van der Waals surface area (Å²) in [6.07, 6.45) is 9.29. The maximum Gasteiger partial charge on any atom is 0.251 e. The Labute approximate surface area is 153 Å². The molecule has 1 saturated carbocycles. The van der Waals surface area contributed by atoms with Crippen molar-refractivity contribution in [2.75, 3.05) is 19.6 Å². The fourth-order valence-corrected chi connectivity index (χ4v) is 4.22. The van der Waals surface area contributed by atoms with Gasteiger partial charge in [-0.25, -0.2) is 0 Å². The number of carbonyl (C=O) groups is 1. The summed E-state index contributed by atoms with van der Waals surface area (Å²) in [4.78, 5) is 14.9. The topological polar surface area (TPSA) is 32.3 Å². The van der Waals surface area contributed by atoms with Crippen molar-refractivity contribution in [2.45, 2.75) is 51.0 Å². The number of carbonyl (C=O) groups excluding carboxylic acids is 1. The van der Waals surface area contributed by atoms with Gasteiger partial charge in [0.05, 0.1) is 0 Å². The van der Waals surface area contributed by atoms with Crippen LogP contribution in [0, 0.1) is 9.49 Å². The molecule has 1 aromatic rings. The van der Waals surface area contributed by atoms with Gasteiger partial charge in [-0.05, 0) is 78.5 Å². The van der Waals surface area contributed by atoms with Crippen molar-refractivity contribution in [3.05, 3.63) is 33.4 Å². The van der Waals surface area contributed by atoms with Gasteiger partial charge in [0.25, 0.3) is 5.91 Å². The van der Waals surface area contributed by atoms with E-state index in [2.05, 4.69) is 32.8 Å². The molecule has 0 bridgehead atoms. The number of nitrogens with zero attached hydrogens (tertiary/aromatic N) is 1. The van der Waals surface area contributed by atoms with Gasteiger partial charge in [-0.3, -0.25) is 4.79 Å². The molecular weight excluding hydrogens is 399 g/mol. The third kappa shape index (κ3) is 5.18. The number of halogens is 1. The van der Waals surface area contributed by atoms with Crippen molar-refractivity contribution >= 4 is 28.5 Å². The lowest BCUT2D eigenvalue weighted by atomic mass is 9.88. The van der Waals surface area contributed by atoms with Crippen LogP contribution < -0.4 is 5.32 Å². The van der Waals surface area contributed by atoms with Gasteiger partial charge in [-0.15, -0.1) is 0 Å². The molecule has 1 N–H and O–H groups in total. The SMILES string of the molecule is O=C(NC1CCN(CC2CCCCC2)CC1)c1ccc(I)cc1. The predicted octanol–water partition coefficient (Wildman–Crippen LogP) is 4.07. The molecule has 3 nitrogen and oxygen atoms in total. The Morgan fingerprint density at radius 1 is 1.04 bits per heavy atom. The van der Waals surface area contributed by atoms with Crippen LogP contribution >= 0.6 is 22.6 Å². The van der Waals surface area contributed by atoms with E-state index < -0.39 is 0 Å². The maximum atomic E-state index is 12.3. The number of amides is 1. The molecule has 0 unspecified atom stereocenters. The van der Waals surface area contributed by atoms with Crippen LogP contribution in [0.1, 0.15) is 55.3 Å². The Kier molecular flexibility index (Phi) is 6.34. The van der Waals surface area contributed by atoms with Crippen molar-refractivity contribution in [2.24, 2.45) is 5.92 Å². The van der Waals surface area contributed by atoms with E-state index in [1.54, 1.807) is 0 Å². The van der Waals surface area contributed by atoms with Crippen molar-refractivity contribution in [3.63, 3.8) is 0 Å². The third-order valence-corrected chi connectivity index (χ3v) is 5.99. The zero-order valence-electron chi connectivity index (χ0n) is 13.8. The van der Waals surface area contributed by atoms with Crippen molar-refractivity contribution in [3.8, 4) is 0 Å². The van der Waals surface area contributed by atoms with E-state index in [0.717, 1.165) is 41.0 Å². The molecule has 4 heteroatoms. The molecule has 3 rings (SSSR count). The van der Waals surface area contributed by atoms with Crippen LogP contribution in [-0.4, -0.2) is 36.5 Å². The third-order valence-electron chi connectivity index (χ3n) is 5.27. The fraction of sp³-hybridized carbons (Fsp3) is 0.632. The zero-order chi connectivity index (χ0) is 16.1. The highest BCUT2D eigenvalue weighted by Gasteiger charge is 2.23. The largest absolute Gasteiger partial charge is 0.349 e. The normalized spacial score (nSPS) is 21.3. The van der Waals surface area contributed by atoms with E-state index in [-0.39, 0.29) is 5.91 Å². The average Bonchev–Trinajstić information content (AvgIpc) is 2.58. The molecule has 126 valence electrons. The molecule has 1 saturated heterocycles. The van der Waals surface area contributed by atoms with Gasteiger partial charge in [0.2, 0.25) is 0 Å². The highest BCUT2D eigenvalue weighted by molar-refractivity contribution is 14.1. The smallest absolute Gasteiger partial charge is 0.251 e. The van der Waals surface area contributed by atoms with Gasteiger partial charge < -0.3 is 10.2 Å². The van der Waals surface area contributed by atoms with Crippen LogP contribution in [-0.2, 0) is 0 Å². The first-order valence-corrected chi connectivity index (χ1v) is 10.1. The van der Waals surface area contributed by atoms with E-state index in [0.29, 0.717) is 6.04 Å². The molecule has 0 spiro atoms. The van der Waals surface area contributed by atoms with E-state index in [4.69, 9.17) is 0 Å². The van der Waals surface area contributed by atoms with E-state index >= 15 is 0 Å². The van der Waals surface area contributed by atoms with Gasteiger partial charge in [0.1, 0.15) is 0 Å². The molecule has 1 aliphatic carbocycles. The van der Waals surface area contributed by atoms with Gasteiger partial charge >= 0.3 is 0 Å². The minimum Gasteiger partial charge on any atom is -0.349 e. The van der Waals surface area contributed by atoms with Crippen LogP contribution in [0.4, 0.5) is 0 Å². The molecule has 0 radical (unpaired) electrons. The summed E-state index contributed by atoms with van der Waals surface area (Å²) >= 11 is 2.26. The number of benzene rings is 1. The maximum absolute atomic E-state index is 12.3. The quantitative estimate of drug-likeness (QED) is 0.737. The first kappa shape index (κ1) is 17.2. The lowest BCUT2D eigenvalue weighted by Crippen LogP contribution is -2.45. The Morgan fingerprint density at radius 2 is 1.70 bits per heavy atom. The average molecular weight is 426 g/mol. The molecule has 2 fully saturated rings. The van der Waals surface area contributed by atoms with Crippen LogP contribution in [0.3, 0.4) is 0 Å². The van der Waals surface area contributed by atoms with Gasteiger partial charge in [-0.2, -0.15) is 0 Å². The molecule has 0 atom stereocenters. The molecular formula is C19H27IN2O. The minimum atomic E-state index is 0.0760. The molecule has 1 heterocycles. The summed E-state index contributed by atoms with van der Waals surface area (Å²) < 4.78 is 1.16. The summed E-state index contributed by atoms with van der Waals surface area (Å²) in [5.41, 5.74) is 0.773. The summed E-state index contributed by atoms with van der Waals surface area (Å²) in [5, 5.41) is 3.21. The number of hydrogen-bond donors (Lipinski definition) is 1. The Balaban J connectivity index is 1.41. The molecule has 1 amide bonds. The second-order valence-electron chi connectivity index (χ2n) is 7.06. The standard InChI is InChI=1S/C19H27IN2O/c20-17-8-6-16(7-9-17)19(23)21-18-10-12-22(13-11-18)14-15-4-2-1-3-5-15/h6-9,15,18H,1-5,10-14H2,(H,21,23). The van der Waals surface area contributed by atoms with Gasteiger partial charge in [0, 0.05) is 34.8 Å². The Morgan fingerprint density at radius 3 is 2.35 bits per heavy atom. The number of nitrogens with one attached hydrogen (secondary N) is 1. The van der Waals surface area contributed by atoms with Gasteiger partial charge in [-0.1, -0.05) is 19.3 Å². The molecule has 0 aromatic heterocycles. The highest BCUT2D eigenvalue weighted by atomic mass is 127. The summed E-state index contributed by atoms with van der Waals surface area (Å²) in [7, 11) is 0. The fourth-order valence-electron chi connectivity index (χ4n) is 3.86. The van der Waals surface area contributed by atoms with Crippen LogP contribution in [0.5, 0.6) is 0 Å². The van der Waals surface area contributed by atoms with E-state index in [1.165, 1.54) is 38.6 Å². The second-order valence-corrected chi connectivity index (χ2v) is 8.30. The molecule has 2 aliphatic rings.